The van der Waals surface area contributed by atoms with Gasteiger partial charge in [-0.05, 0) is 67.6 Å². The number of rotatable bonds is 3. The number of sulfonamides is 1. The molecule has 2 aromatic rings. The summed E-state index contributed by atoms with van der Waals surface area (Å²) in [6.45, 7) is 4.64. The smallest absolute Gasteiger partial charge is 0.264 e. The molecule has 0 spiro atoms. The van der Waals surface area contributed by atoms with Crippen molar-refractivity contribution < 1.29 is 8.42 Å². The van der Waals surface area contributed by atoms with Gasteiger partial charge in [0.1, 0.15) is 0 Å². The van der Waals surface area contributed by atoms with Gasteiger partial charge in [-0.2, -0.15) is 0 Å². The summed E-state index contributed by atoms with van der Waals surface area (Å²) < 4.78 is 27.6. The Bertz CT molecular complexity index is 871. The standard InChI is InChI=1S/C19H22N2O2S/c1-15-5-4-6-18(13-15)24(22,23)21-12-9-16-14-17(7-8-19(16)21)20-10-2-3-11-20/h4-8,13-14H,2-3,9-12H2,1H3. The molecule has 2 heterocycles. The highest BCUT2D eigenvalue weighted by molar-refractivity contribution is 7.92. The minimum atomic E-state index is -3.49. The van der Waals surface area contributed by atoms with Gasteiger partial charge in [0.25, 0.3) is 10.0 Å². The van der Waals surface area contributed by atoms with Crippen LogP contribution in [0.1, 0.15) is 24.0 Å². The molecule has 0 radical (unpaired) electrons. The maximum Gasteiger partial charge on any atom is 0.264 e. The molecule has 0 unspecified atom stereocenters. The molecule has 0 amide bonds. The lowest BCUT2D eigenvalue weighted by Crippen LogP contribution is -2.29. The van der Waals surface area contributed by atoms with Crippen LogP contribution in [-0.2, 0) is 16.4 Å². The lowest BCUT2D eigenvalue weighted by molar-refractivity contribution is 0.592. The summed E-state index contributed by atoms with van der Waals surface area (Å²) >= 11 is 0. The van der Waals surface area contributed by atoms with E-state index >= 15 is 0 Å². The molecular weight excluding hydrogens is 320 g/mol. The summed E-state index contributed by atoms with van der Waals surface area (Å²) in [7, 11) is -3.49. The molecule has 126 valence electrons. The molecule has 4 nitrogen and oxygen atoms in total. The molecule has 0 atom stereocenters. The van der Waals surface area contributed by atoms with Gasteiger partial charge in [-0.3, -0.25) is 4.31 Å². The topological polar surface area (TPSA) is 40.6 Å². The second-order valence-electron chi connectivity index (χ2n) is 6.65. The molecular formula is C19H22N2O2S. The third-order valence-electron chi connectivity index (χ3n) is 4.96. The summed E-state index contributed by atoms with van der Waals surface area (Å²) in [5.74, 6) is 0. The highest BCUT2D eigenvalue weighted by Gasteiger charge is 2.31. The normalized spacial score (nSPS) is 17.4. The molecule has 2 aliphatic heterocycles. The molecule has 1 fully saturated rings. The molecule has 2 aromatic carbocycles. The zero-order valence-corrected chi connectivity index (χ0v) is 14.7. The molecule has 5 heteroatoms. The number of hydrogen-bond acceptors (Lipinski definition) is 3. The summed E-state index contributed by atoms with van der Waals surface area (Å²) in [5, 5.41) is 0. The molecule has 4 rings (SSSR count). The number of benzene rings is 2. The van der Waals surface area contributed by atoms with Crippen LogP contribution in [0.3, 0.4) is 0 Å². The fraction of sp³-hybridized carbons (Fsp3) is 0.368. The lowest BCUT2D eigenvalue weighted by Gasteiger charge is -2.22. The van der Waals surface area contributed by atoms with Crippen molar-refractivity contribution in [1.82, 2.24) is 0 Å². The summed E-state index contributed by atoms with van der Waals surface area (Å²) in [6.07, 6.45) is 3.26. The van der Waals surface area contributed by atoms with Crippen LogP contribution >= 0.6 is 0 Å². The Hall–Kier alpha value is -2.01. The highest BCUT2D eigenvalue weighted by Crippen LogP contribution is 2.36. The van der Waals surface area contributed by atoms with Crippen molar-refractivity contribution >= 4 is 21.4 Å². The Balaban J connectivity index is 1.68. The van der Waals surface area contributed by atoms with Gasteiger partial charge in [0, 0.05) is 25.3 Å². The third kappa shape index (κ3) is 2.57. The summed E-state index contributed by atoms with van der Waals surface area (Å²) in [5.41, 5.74) is 4.15. The van der Waals surface area contributed by atoms with Crippen LogP contribution in [0.25, 0.3) is 0 Å². The third-order valence-corrected chi connectivity index (χ3v) is 6.77. The average molecular weight is 342 g/mol. The molecule has 0 aliphatic carbocycles. The van der Waals surface area contributed by atoms with Crippen LogP contribution in [-0.4, -0.2) is 28.1 Å². The highest BCUT2D eigenvalue weighted by atomic mass is 32.2. The molecule has 24 heavy (non-hydrogen) atoms. The Kier molecular flexibility index (Phi) is 3.76. The molecule has 0 saturated carbocycles. The maximum atomic E-state index is 13.0. The van der Waals surface area contributed by atoms with Crippen molar-refractivity contribution in [3.8, 4) is 0 Å². The van der Waals surface area contributed by atoms with Crippen LogP contribution in [0, 0.1) is 6.92 Å². The quantitative estimate of drug-likeness (QED) is 0.859. The van der Waals surface area contributed by atoms with E-state index in [0.717, 1.165) is 36.3 Å². The van der Waals surface area contributed by atoms with E-state index in [4.69, 9.17) is 0 Å². The van der Waals surface area contributed by atoms with E-state index in [1.54, 1.807) is 22.5 Å². The first-order chi connectivity index (χ1) is 11.6. The number of fused-ring (bicyclic) bond motifs is 1. The van der Waals surface area contributed by atoms with E-state index in [-0.39, 0.29) is 0 Å². The Morgan fingerprint density at radius 2 is 1.75 bits per heavy atom. The molecule has 0 aromatic heterocycles. The SMILES string of the molecule is Cc1cccc(S(=O)(=O)N2CCc3cc(N4CCCC4)ccc32)c1. The van der Waals surface area contributed by atoms with E-state index in [9.17, 15) is 8.42 Å². The largest absolute Gasteiger partial charge is 0.372 e. The van der Waals surface area contributed by atoms with E-state index in [1.165, 1.54) is 18.5 Å². The van der Waals surface area contributed by atoms with Gasteiger partial charge in [0.15, 0.2) is 0 Å². The van der Waals surface area contributed by atoms with Crippen LogP contribution in [0.2, 0.25) is 0 Å². The van der Waals surface area contributed by atoms with Gasteiger partial charge in [-0.1, -0.05) is 12.1 Å². The van der Waals surface area contributed by atoms with Gasteiger partial charge >= 0.3 is 0 Å². The van der Waals surface area contributed by atoms with Crippen LogP contribution < -0.4 is 9.21 Å². The first kappa shape index (κ1) is 15.5. The predicted molar refractivity (Wildman–Crippen MR) is 97.3 cm³/mol. The Labute approximate surface area is 143 Å². The van der Waals surface area contributed by atoms with Crippen molar-refractivity contribution in [2.75, 3.05) is 28.8 Å². The van der Waals surface area contributed by atoms with Crippen molar-refractivity contribution in [1.29, 1.82) is 0 Å². The molecule has 0 N–H and O–H groups in total. The summed E-state index contributed by atoms with van der Waals surface area (Å²) in [4.78, 5) is 2.76. The predicted octanol–water partition coefficient (Wildman–Crippen LogP) is 3.35. The molecule has 2 aliphatic rings. The van der Waals surface area contributed by atoms with Crippen LogP contribution in [0.15, 0.2) is 47.4 Å². The average Bonchev–Trinajstić information content (AvgIpc) is 3.24. The van der Waals surface area contributed by atoms with Gasteiger partial charge < -0.3 is 4.90 Å². The second-order valence-corrected chi connectivity index (χ2v) is 8.51. The van der Waals surface area contributed by atoms with Crippen LogP contribution in [0.4, 0.5) is 11.4 Å². The first-order valence-electron chi connectivity index (χ1n) is 8.53. The van der Waals surface area contributed by atoms with E-state index in [0.29, 0.717) is 11.4 Å². The van der Waals surface area contributed by atoms with E-state index in [2.05, 4.69) is 17.0 Å². The zero-order chi connectivity index (χ0) is 16.7. The number of aryl methyl sites for hydroxylation is 1. The fourth-order valence-corrected chi connectivity index (χ4v) is 5.29. The number of hydrogen-bond donors (Lipinski definition) is 0. The van der Waals surface area contributed by atoms with Gasteiger partial charge in [-0.15, -0.1) is 0 Å². The monoisotopic (exact) mass is 342 g/mol. The van der Waals surface area contributed by atoms with Crippen molar-refractivity contribution in [3.05, 3.63) is 53.6 Å². The van der Waals surface area contributed by atoms with E-state index < -0.39 is 10.0 Å². The number of anilines is 2. The Morgan fingerprint density at radius 1 is 0.958 bits per heavy atom. The molecule has 0 bridgehead atoms. The van der Waals surface area contributed by atoms with Crippen molar-refractivity contribution in [3.63, 3.8) is 0 Å². The second kappa shape index (κ2) is 5.81. The van der Waals surface area contributed by atoms with Crippen molar-refractivity contribution in [2.24, 2.45) is 0 Å². The minimum absolute atomic E-state index is 0.374. The van der Waals surface area contributed by atoms with Gasteiger partial charge in [0.05, 0.1) is 10.6 Å². The maximum absolute atomic E-state index is 13.0. The number of nitrogens with zero attached hydrogens (tertiary/aromatic N) is 2. The fourth-order valence-electron chi connectivity index (χ4n) is 3.68. The molecule has 1 saturated heterocycles. The Morgan fingerprint density at radius 3 is 2.50 bits per heavy atom. The lowest BCUT2D eigenvalue weighted by atomic mass is 10.1. The summed E-state index contributed by atoms with van der Waals surface area (Å²) in [6, 6.07) is 13.4. The minimum Gasteiger partial charge on any atom is -0.372 e. The van der Waals surface area contributed by atoms with Crippen LogP contribution in [0.5, 0.6) is 0 Å². The van der Waals surface area contributed by atoms with E-state index in [1.807, 2.05) is 19.1 Å². The van der Waals surface area contributed by atoms with Crippen molar-refractivity contribution in [2.45, 2.75) is 31.1 Å². The zero-order valence-electron chi connectivity index (χ0n) is 13.9. The van der Waals surface area contributed by atoms with Gasteiger partial charge in [-0.25, -0.2) is 8.42 Å². The first-order valence-corrected chi connectivity index (χ1v) is 9.97. The van der Waals surface area contributed by atoms with Gasteiger partial charge in [0.2, 0.25) is 0 Å².